The number of aromatic nitrogens is 1. The van der Waals surface area contributed by atoms with Gasteiger partial charge in [-0.05, 0) is 37.5 Å². The highest BCUT2D eigenvalue weighted by atomic mass is 16.5. The lowest BCUT2D eigenvalue weighted by atomic mass is 10.1. The maximum absolute atomic E-state index is 5.98. The van der Waals surface area contributed by atoms with E-state index in [4.69, 9.17) is 4.74 Å². The van der Waals surface area contributed by atoms with E-state index in [2.05, 4.69) is 41.5 Å². The van der Waals surface area contributed by atoms with E-state index >= 15 is 0 Å². The minimum atomic E-state index is 0.686. The van der Waals surface area contributed by atoms with E-state index in [0.717, 1.165) is 18.7 Å². The number of hydrogen-bond acceptors (Lipinski definition) is 3. The molecule has 1 aromatic carbocycles. The van der Waals surface area contributed by atoms with Crippen LogP contribution in [0.4, 0.5) is 0 Å². The predicted molar refractivity (Wildman–Crippen MR) is 84.5 cm³/mol. The highest BCUT2D eigenvalue weighted by molar-refractivity contribution is 5.37. The second-order valence-corrected chi connectivity index (χ2v) is 5.73. The first-order chi connectivity index (χ1) is 10.3. The van der Waals surface area contributed by atoms with Crippen LogP contribution in [0.1, 0.15) is 29.5 Å². The molecule has 1 saturated carbocycles. The number of nitrogens with one attached hydrogen (secondary N) is 1. The van der Waals surface area contributed by atoms with Crippen molar-refractivity contribution in [2.75, 3.05) is 6.61 Å². The summed E-state index contributed by atoms with van der Waals surface area (Å²) in [5, 5.41) is 3.56. The number of nitrogens with zero attached hydrogens (tertiary/aromatic N) is 1. The molecule has 0 amide bonds. The molecule has 1 aromatic heterocycles. The second kappa shape index (κ2) is 6.72. The van der Waals surface area contributed by atoms with Gasteiger partial charge in [-0.1, -0.05) is 23.8 Å². The Labute approximate surface area is 126 Å². The van der Waals surface area contributed by atoms with Crippen molar-refractivity contribution in [3.05, 3.63) is 59.4 Å². The molecule has 21 heavy (non-hydrogen) atoms. The van der Waals surface area contributed by atoms with Gasteiger partial charge in [0.2, 0.25) is 0 Å². The molecule has 0 radical (unpaired) electrons. The second-order valence-electron chi connectivity index (χ2n) is 5.73. The largest absolute Gasteiger partial charge is 0.493 e. The summed E-state index contributed by atoms with van der Waals surface area (Å²) in [6.45, 7) is 3.71. The third kappa shape index (κ3) is 4.30. The van der Waals surface area contributed by atoms with E-state index in [1.165, 1.54) is 29.5 Å². The zero-order valence-electron chi connectivity index (χ0n) is 12.5. The summed E-state index contributed by atoms with van der Waals surface area (Å²) in [4.78, 5) is 4.13. The number of rotatable bonds is 7. The maximum atomic E-state index is 5.98. The first kappa shape index (κ1) is 14.1. The van der Waals surface area contributed by atoms with Crippen molar-refractivity contribution in [2.45, 2.75) is 38.8 Å². The van der Waals surface area contributed by atoms with Gasteiger partial charge in [-0.3, -0.25) is 4.98 Å². The Morgan fingerprint density at radius 2 is 2.19 bits per heavy atom. The monoisotopic (exact) mass is 282 g/mol. The molecule has 3 nitrogen and oxygen atoms in total. The normalized spacial score (nSPS) is 14.1. The van der Waals surface area contributed by atoms with Crippen molar-refractivity contribution in [3.63, 3.8) is 0 Å². The Balaban J connectivity index is 1.58. The highest BCUT2D eigenvalue weighted by Crippen LogP contribution is 2.23. The van der Waals surface area contributed by atoms with Crippen molar-refractivity contribution < 1.29 is 4.74 Å². The average Bonchev–Trinajstić information content (AvgIpc) is 3.32. The molecule has 0 unspecified atom stereocenters. The molecule has 3 rings (SSSR count). The molecular formula is C18H22N2O. The molecule has 1 N–H and O–H groups in total. The minimum absolute atomic E-state index is 0.686. The summed E-state index contributed by atoms with van der Waals surface area (Å²) in [6.07, 6.45) is 7.20. The Morgan fingerprint density at radius 1 is 1.29 bits per heavy atom. The molecule has 0 spiro atoms. The number of aryl methyl sites for hydroxylation is 1. The van der Waals surface area contributed by atoms with Gasteiger partial charge in [-0.25, -0.2) is 0 Å². The average molecular weight is 282 g/mol. The van der Waals surface area contributed by atoms with Crippen molar-refractivity contribution in [1.82, 2.24) is 10.3 Å². The SMILES string of the molecule is Cc1ccc(OCCc2cccnc2)c(CNC2CC2)c1. The van der Waals surface area contributed by atoms with Gasteiger partial charge in [-0.15, -0.1) is 0 Å². The standard InChI is InChI=1S/C18H22N2O/c1-14-4-7-18(16(11-14)13-20-17-5-6-17)21-10-8-15-3-2-9-19-12-15/h2-4,7,9,11-12,17,20H,5-6,8,10,13H2,1H3. The lowest BCUT2D eigenvalue weighted by Gasteiger charge is -2.13. The molecule has 0 aliphatic heterocycles. The van der Waals surface area contributed by atoms with Crippen LogP contribution in [0, 0.1) is 6.92 Å². The lowest BCUT2D eigenvalue weighted by Crippen LogP contribution is -2.16. The summed E-state index contributed by atoms with van der Waals surface area (Å²) >= 11 is 0. The molecule has 0 atom stereocenters. The van der Waals surface area contributed by atoms with E-state index in [9.17, 15) is 0 Å². The van der Waals surface area contributed by atoms with E-state index in [1.807, 2.05) is 12.3 Å². The molecule has 1 fully saturated rings. The first-order valence-electron chi connectivity index (χ1n) is 7.66. The minimum Gasteiger partial charge on any atom is -0.493 e. The zero-order valence-corrected chi connectivity index (χ0v) is 12.5. The molecule has 2 aromatic rings. The molecular weight excluding hydrogens is 260 g/mol. The van der Waals surface area contributed by atoms with Crippen LogP contribution < -0.4 is 10.1 Å². The maximum Gasteiger partial charge on any atom is 0.123 e. The smallest absolute Gasteiger partial charge is 0.123 e. The Morgan fingerprint density at radius 3 is 2.95 bits per heavy atom. The molecule has 0 bridgehead atoms. The van der Waals surface area contributed by atoms with E-state index in [1.54, 1.807) is 6.20 Å². The van der Waals surface area contributed by atoms with Crippen LogP contribution in [-0.2, 0) is 13.0 Å². The van der Waals surface area contributed by atoms with Crippen LogP contribution in [0.3, 0.4) is 0 Å². The Kier molecular flexibility index (Phi) is 4.51. The lowest BCUT2D eigenvalue weighted by molar-refractivity contribution is 0.317. The van der Waals surface area contributed by atoms with Crippen molar-refractivity contribution in [3.8, 4) is 5.75 Å². The Bertz CT molecular complexity index is 579. The van der Waals surface area contributed by atoms with Crippen LogP contribution in [-0.4, -0.2) is 17.6 Å². The van der Waals surface area contributed by atoms with Crippen LogP contribution in [0.15, 0.2) is 42.7 Å². The van der Waals surface area contributed by atoms with E-state index in [0.29, 0.717) is 12.6 Å². The fourth-order valence-corrected chi connectivity index (χ4v) is 2.35. The fraction of sp³-hybridized carbons (Fsp3) is 0.389. The van der Waals surface area contributed by atoms with Gasteiger partial charge < -0.3 is 10.1 Å². The first-order valence-corrected chi connectivity index (χ1v) is 7.66. The Hall–Kier alpha value is -1.87. The number of ether oxygens (including phenoxy) is 1. The van der Waals surface area contributed by atoms with E-state index < -0.39 is 0 Å². The summed E-state index contributed by atoms with van der Waals surface area (Å²) in [7, 11) is 0. The molecule has 3 heteroatoms. The summed E-state index contributed by atoms with van der Waals surface area (Å²) < 4.78 is 5.98. The number of benzene rings is 1. The van der Waals surface area contributed by atoms with Gasteiger partial charge >= 0.3 is 0 Å². The third-order valence-corrected chi connectivity index (χ3v) is 3.75. The third-order valence-electron chi connectivity index (χ3n) is 3.75. The van der Waals surface area contributed by atoms with Crippen molar-refractivity contribution >= 4 is 0 Å². The summed E-state index contributed by atoms with van der Waals surface area (Å²) in [6, 6.07) is 11.2. The number of pyridine rings is 1. The van der Waals surface area contributed by atoms with Gasteiger partial charge in [0.25, 0.3) is 0 Å². The van der Waals surface area contributed by atoms with Crippen LogP contribution in [0.2, 0.25) is 0 Å². The van der Waals surface area contributed by atoms with Gasteiger partial charge in [0.05, 0.1) is 6.61 Å². The molecule has 110 valence electrons. The predicted octanol–water partition coefficient (Wildman–Crippen LogP) is 3.26. The van der Waals surface area contributed by atoms with E-state index in [-0.39, 0.29) is 0 Å². The number of hydrogen-bond donors (Lipinski definition) is 1. The quantitative estimate of drug-likeness (QED) is 0.846. The van der Waals surface area contributed by atoms with Gasteiger partial charge in [0, 0.05) is 37.0 Å². The van der Waals surface area contributed by atoms with Gasteiger partial charge in [0.15, 0.2) is 0 Å². The molecule has 1 aliphatic rings. The zero-order chi connectivity index (χ0) is 14.5. The molecule has 1 aliphatic carbocycles. The van der Waals surface area contributed by atoms with Crippen LogP contribution >= 0.6 is 0 Å². The fourth-order valence-electron chi connectivity index (χ4n) is 2.35. The van der Waals surface area contributed by atoms with Gasteiger partial charge in [0.1, 0.15) is 5.75 Å². The summed E-state index contributed by atoms with van der Waals surface area (Å²) in [5.74, 6) is 0.998. The van der Waals surface area contributed by atoms with Crippen LogP contribution in [0.5, 0.6) is 5.75 Å². The molecule has 0 saturated heterocycles. The highest BCUT2D eigenvalue weighted by Gasteiger charge is 2.20. The van der Waals surface area contributed by atoms with Crippen LogP contribution in [0.25, 0.3) is 0 Å². The summed E-state index contributed by atoms with van der Waals surface area (Å²) in [5.41, 5.74) is 3.75. The molecule has 1 heterocycles. The topological polar surface area (TPSA) is 34.1 Å². The van der Waals surface area contributed by atoms with Crippen molar-refractivity contribution in [1.29, 1.82) is 0 Å². The van der Waals surface area contributed by atoms with Gasteiger partial charge in [-0.2, -0.15) is 0 Å². The van der Waals surface area contributed by atoms with Crippen molar-refractivity contribution in [2.24, 2.45) is 0 Å².